The van der Waals surface area contributed by atoms with Crippen LogP contribution in [0.1, 0.15) is 27.6 Å². The second-order valence-electron chi connectivity index (χ2n) is 2.72. The fourth-order valence-electron chi connectivity index (χ4n) is 1.06. The van der Waals surface area contributed by atoms with Gasteiger partial charge in [-0.15, -0.1) is 0 Å². The van der Waals surface area contributed by atoms with Gasteiger partial charge in [0.1, 0.15) is 0 Å². The van der Waals surface area contributed by atoms with E-state index in [1.165, 1.54) is 0 Å². The summed E-state index contributed by atoms with van der Waals surface area (Å²) in [6.45, 7) is 0.771. The summed E-state index contributed by atoms with van der Waals surface area (Å²) in [4.78, 5) is 20.9. The summed E-state index contributed by atoms with van der Waals surface area (Å²) in [5.74, 6) is -8.72. The zero-order chi connectivity index (χ0) is 11.7. The topological polar surface area (TPSA) is 34.1 Å². The maximum atomic E-state index is 13.1. The molecule has 0 amide bonds. The first-order valence-corrected chi connectivity index (χ1v) is 3.73. The van der Waals surface area contributed by atoms with Crippen molar-refractivity contribution in [2.24, 2.45) is 0 Å². The molecule has 0 unspecified atom stereocenters. The van der Waals surface area contributed by atoms with Gasteiger partial charge in [-0.05, 0) is 6.92 Å². The molecule has 1 aromatic carbocycles. The molecule has 1 aromatic rings. The molecule has 0 heterocycles. The molecule has 0 aromatic heterocycles. The minimum Gasteiger partial charge on any atom is -0.298 e. The third-order valence-electron chi connectivity index (χ3n) is 1.77. The first kappa shape index (κ1) is 11.4. The molecule has 0 aliphatic rings. The summed E-state index contributed by atoms with van der Waals surface area (Å²) in [5.41, 5.74) is -2.55. The fourth-order valence-corrected chi connectivity index (χ4v) is 1.06. The van der Waals surface area contributed by atoms with Crippen molar-refractivity contribution in [3.8, 4) is 0 Å². The van der Waals surface area contributed by atoms with Crippen molar-refractivity contribution in [1.82, 2.24) is 0 Å². The molecular formula is C9H4F4O2. The highest BCUT2D eigenvalue weighted by Gasteiger charge is 2.26. The van der Waals surface area contributed by atoms with Gasteiger partial charge in [0.05, 0.1) is 11.1 Å². The van der Waals surface area contributed by atoms with Crippen LogP contribution in [0.2, 0.25) is 0 Å². The van der Waals surface area contributed by atoms with Gasteiger partial charge in [0.25, 0.3) is 0 Å². The molecule has 0 spiro atoms. The summed E-state index contributed by atoms with van der Waals surface area (Å²) >= 11 is 0. The van der Waals surface area contributed by atoms with Crippen molar-refractivity contribution < 1.29 is 27.2 Å². The lowest BCUT2D eigenvalue weighted by Crippen LogP contribution is -2.11. The maximum absolute atomic E-state index is 13.1. The third kappa shape index (κ3) is 1.62. The van der Waals surface area contributed by atoms with Crippen LogP contribution in [0.5, 0.6) is 0 Å². The van der Waals surface area contributed by atoms with E-state index in [9.17, 15) is 27.2 Å². The van der Waals surface area contributed by atoms with Crippen molar-refractivity contribution in [2.45, 2.75) is 6.92 Å². The number of carbonyl (C=O) groups is 2. The molecule has 0 atom stereocenters. The largest absolute Gasteiger partial charge is 0.298 e. The van der Waals surface area contributed by atoms with Gasteiger partial charge >= 0.3 is 0 Å². The number of Topliss-reactive ketones (excluding diaryl/α,β-unsaturated/α-hetero) is 1. The summed E-state index contributed by atoms with van der Waals surface area (Å²) in [6.07, 6.45) is -0.320. The molecule has 15 heavy (non-hydrogen) atoms. The van der Waals surface area contributed by atoms with E-state index in [-0.39, 0.29) is 6.29 Å². The van der Waals surface area contributed by atoms with Crippen LogP contribution >= 0.6 is 0 Å². The Balaban J connectivity index is 3.75. The molecule has 1 rings (SSSR count). The third-order valence-corrected chi connectivity index (χ3v) is 1.77. The Labute approximate surface area is 81.5 Å². The van der Waals surface area contributed by atoms with Crippen molar-refractivity contribution in [3.63, 3.8) is 0 Å². The van der Waals surface area contributed by atoms with Gasteiger partial charge in [-0.2, -0.15) is 0 Å². The number of hydrogen-bond donors (Lipinski definition) is 0. The Morgan fingerprint density at radius 2 is 1.53 bits per heavy atom. The molecule has 0 bridgehead atoms. The van der Waals surface area contributed by atoms with E-state index in [4.69, 9.17) is 0 Å². The van der Waals surface area contributed by atoms with Gasteiger partial charge in [-0.25, -0.2) is 17.6 Å². The van der Waals surface area contributed by atoms with Crippen molar-refractivity contribution in [2.75, 3.05) is 0 Å². The van der Waals surface area contributed by atoms with Crippen LogP contribution in [0.4, 0.5) is 17.6 Å². The molecular weight excluding hydrogens is 216 g/mol. The molecule has 0 aliphatic carbocycles. The van der Waals surface area contributed by atoms with Gasteiger partial charge in [-0.1, -0.05) is 0 Å². The highest BCUT2D eigenvalue weighted by atomic mass is 19.2. The highest BCUT2D eigenvalue weighted by molar-refractivity contribution is 5.96. The number of benzene rings is 1. The predicted octanol–water partition coefficient (Wildman–Crippen LogP) is 2.26. The molecule has 0 radical (unpaired) electrons. The van der Waals surface area contributed by atoms with E-state index in [0.717, 1.165) is 6.92 Å². The zero-order valence-corrected chi connectivity index (χ0v) is 7.41. The smallest absolute Gasteiger partial charge is 0.196 e. The number of halogens is 4. The number of ketones is 1. The van der Waals surface area contributed by atoms with Crippen molar-refractivity contribution in [1.29, 1.82) is 0 Å². The molecule has 0 aliphatic heterocycles. The van der Waals surface area contributed by atoms with Crippen LogP contribution in [-0.2, 0) is 0 Å². The second kappa shape index (κ2) is 3.80. The summed E-state index contributed by atoms with van der Waals surface area (Å²) in [6, 6.07) is 0. The Morgan fingerprint density at radius 1 is 1.00 bits per heavy atom. The van der Waals surface area contributed by atoms with Crippen molar-refractivity contribution >= 4 is 12.1 Å². The number of hydrogen-bond acceptors (Lipinski definition) is 2. The van der Waals surface area contributed by atoms with Crippen LogP contribution in [0, 0.1) is 23.3 Å². The van der Waals surface area contributed by atoms with Crippen LogP contribution in [-0.4, -0.2) is 12.1 Å². The highest BCUT2D eigenvalue weighted by Crippen LogP contribution is 2.23. The lowest BCUT2D eigenvalue weighted by atomic mass is 10.1. The maximum Gasteiger partial charge on any atom is 0.196 e. The van der Waals surface area contributed by atoms with Gasteiger partial charge < -0.3 is 0 Å². The molecule has 6 heteroatoms. The van der Waals surface area contributed by atoms with Crippen molar-refractivity contribution in [3.05, 3.63) is 34.4 Å². The summed E-state index contributed by atoms with van der Waals surface area (Å²) < 4.78 is 51.5. The Hall–Kier alpha value is -1.72. The molecule has 0 saturated heterocycles. The molecule has 0 saturated carbocycles. The minimum absolute atomic E-state index is 0.320. The molecule has 2 nitrogen and oxygen atoms in total. The van der Waals surface area contributed by atoms with E-state index in [1.807, 2.05) is 0 Å². The first-order valence-electron chi connectivity index (χ1n) is 3.73. The van der Waals surface area contributed by atoms with Gasteiger partial charge in [0.15, 0.2) is 35.3 Å². The van der Waals surface area contributed by atoms with Crippen LogP contribution in [0.15, 0.2) is 0 Å². The van der Waals surface area contributed by atoms with Gasteiger partial charge in [0.2, 0.25) is 0 Å². The monoisotopic (exact) mass is 220 g/mol. The second-order valence-corrected chi connectivity index (χ2v) is 2.72. The van der Waals surface area contributed by atoms with Gasteiger partial charge in [-0.3, -0.25) is 9.59 Å². The molecule has 0 N–H and O–H groups in total. The lowest BCUT2D eigenvalue weighted by molar-refractivity contribution is 0.100. The van der Waals surface area contributed by atoms with E-state index < -0.39 is 40.2 Å². The lowest BCUT2D eigenvalue weighted by Gasteiger charge is -2.05. The van der Waals surface area contributed by atoms with Crippen LogP contribution in [0.3, 0.4) is 0 Å². The average Bonchev–Trinajstić information content (AvgIpc) is 2.15. The Bertz CT molecular complexity index is 454. The van der Waals surface area contributed by atoms with Gasteiger partial charge in [0, 0.05) is 0 Å². The quantitative estimate of drug-likeness (QED) is 0.252. The van der Waals surface area contributed by atoms with Crippen LogP contribution in [0.25, 0.3) is 0 Å². The fraction of sp³-hybridized carbons (Fsp3) is 0.111. The van der Waals surface area contributed by atoms with E-state index in [1.54, 1.807) is 0 Å². The Morgan fingerprint density at radius 3 is 1.93 bits per heavy atom. The zero-order valence-electron chi connectivity index (χ0n) is 7.41. The molecule has 80 valence electrons. The SMILES string of the molecule is CC(=O)c1c(F)c(F)c(F)c(C=O)c1F. The Kier molecular flexibility index (Phi) is 2.88. The minimum atomic E-state index is -2.04. The standard InChI is InChI=1S/C9H4F4O2/c1-3(15)5-6(10)4(2-14)7(11)9(13)8(5)12/h2H,1H3. The normalized spacial score (nSPS) is 10.2. The van der Waals surface area contributed by atoms with E-state index in [0.29, 0.717) is 0 Å². The number of carbonyl (C=O) groups excluding carboxylic acids is 2. The van der Waals surface area contributed by atoms with Crippen LogP contribution < -0.4 is 0 Å². The summed E-state index contributed by atoms with van der Waals surface area (Å²) in [5, 5.41) is 0. The summed E-state index contributed by atoms with van der Waals surface area (Å²) in [7, 11) is 0. The van der Waals surface area contributed by atoms with E-state index in [2.05, 4.69) is 0 Å². The molecule has 0 fully saturated rings. The average molecular weight is 220 g/mol. The predicted molar refractivity (Wildman–Crippen MR) is 41.7 cm³/mol. The number of rotatable bonds is 2. The number of aldehydes is 1. The van der Waals surface area contributed by atoms with E-state index >= 15 is 0 Å². The first-order chi connectivity index (χ1) is 6.91.